The van der Waals surface area contributed by atoms with Crippen molar-refractivity contribution in [2.24, 2.45) is 0 Å². The normalized spacial score (nSPS) is 17.0. The van der Waals surface area contributed by atoms with Crippen LogP contribution in [0.4, 0.5) is 0 Å². The first-order chi connectivity index (χ1) is 12.6. The molecule has 1 aliphatic heterocycles. The summed E-state index contributed by atoms with van der Waals surface area (Å²) in [7, 11) is 4.61. The van der Waals surface area contributed by atoms with E-state index in [1.165, 1.54) is 21.3 Å². The van der Waals surface area contributed by atoms with E-state index in [0.717, 1.165) is 5.56 Å². The number of allylic oxidation sites excluding steroid dienone is 1. The van der Waals surface area contributed by atoms with Crippen LogP contribution >= 0.6 is 12.2 Å². The largest absolute Gasteiger partial charge is 0.493 e. The number of benzene rings is 1. The molecule has 0 radical (unpaired) electrons. The van der Waals surface area contributed by atoms with Gasteiger partial charge < -0.3 is 29.6 Å². The zero-order valence-corrected chi connectivity index (χ0v) is 17.5. The second kappa shape index (κ2) is 8.04. The minimum Gasteiger partial charge on any atom is -0.493 e. The fourth-order valence-corrected chi connectivity index (χ4v) is 3.09. The topological polar surface area (TPSA) is 78.1 Å². The molecular weight excluding hydrogens is 368 g/mol. The Balaban J connectivity index is 2.58. The average Bonchev–Trinajstić information content (AvgIpc) is 2.57. The molecule has 0 saturated heterocycles. The molecule has 2 rings (SSSR count). The van der Waals surface area contributed by atoms with Gasteiger partial charge in [0.05, 0.1) is 32.9 Å². The molecule has 148 valence electrons. The van der Waals surface area contributed by atoms with Crippen molar-refractivity contribution < 1.29 is 23.7 Å². The molecule has 0 bridgehead atoms. The number of carbonyl (C=O) groups excluding carboxylic acids is 1. The van der Waals surface area contributed by atoms with Crippen molar-refractivity contribution in [1.29, 1.82) is 0 Å². The number of carbonyl (C=O) groups is 1. The highest BCUT2D eigenvalue weighted by Crippen LogP contribution is 2.41. The monoisotopic (exact) mass is 394 g/mol. The van der Waals surface area contributed by atoms with Gasteiger partial charge in [-0.15, -0.1) is 0 Å². The Kier molecular flexibility index (Phi) is 6.20. The van der Waals surface area contributed by atoms with Gasteiger partial charge in [-0.2, -0.15) is 0 Å². The van der Waals surface area contributed by atoms with Crippen LogP contribution < -0.4 is 24.8 Å². The van der Waals surface area contributed by atoms with Gasteiger partial charge in [0.2, 0.25) is 5.75 Å². The third-order valence-corrected chi connectivity index (χ3v) is 4.13. The number of esters is 1. The number of thiocarbonyl (C=S) groups is 1. The van der Waals surface area contributed by atoms with E-state index >= 15 is 0 Å². The molecule has 0 aromatic heterocycles. The third-order valence-electron chi connectivity index (χ3n) is 3.91. The van der Waals surface area contributed by atoms with Gasteiger partial charge in [0, 0.05) is 5.70 Å². The number of methoxy groups -OCH3 is 3. The van der Waals surface area contributed by atoms with E-state index in [1.807, 2.05) is 20.8 Å². The molecule has 1 aromatic carbocycles. The van der Waals surface area contributed by atoms with Crippen LogP contribution in [0, 0.1) is 0 Å². The van der Waals surface area contributed by atoms with Crippen LogP contribution in [0.25, 0.3) is 0 Å². The number of hydrogen-bond acceptors (Lipinski definition) is 6. The zero-order chi connectivity index (χ0) is 20.4. The van der Waals surface area contributed by atoms with Gasteiger partial charge in [0.15, 0.2) is 16.6 Å². The van der Waals surface area contributed by atoms with E-state index in [4.69, 9.17) is 31.2 Å². The van der Waals surface area contributed by atoms with Crippen LogP contribution in [-0.4, -0.2) is 38.0 Å². The van der Waals surface area contributed by atoms with Crippen molar-refractivity contribution in [3.05, 3.63) is 29.0 Å². The van der Waals surface area contributed by atoms with Gasteiger partial charge in [0.25, 0.3) is 0 Å². The van der Waals surface area contributed by atoms with Crippen LogP contribution in [0.5, 0.6) is 17.2 Å². The van der Waals surface area contributed by atoms with Gasteiger partial charge >= 0.3 is 5.97 Å². The summed E-state index contributed by atoms with van der Waals surface area (Å²) in [6.07, 6.45) is 0. The number of rotatable bonds is 5. The fourth-order valence-electron chi connectivity index (χ4n) is 2.82. The maximum Gasteiger partial charge on any atom is 0.338 e. The maximum atomic E-state index is 12.9. The first-order valence-electron chi connectivity index (χ1n) is 8.42. The minimum atomic E-state index is -0.623. The van der Waals surface area contributed by atoms with Crippen LogP contribution in [-0.2, 0) is 9.53 Å². The molecule has 1 atom stereocenters. The smallest absolute Gasteiger partial charge is 0.338 e. The van der Waals surface area contributed by atoms with Crippen molar-refractivity contribution in [2.45, 2.75) is 39.3 Å². The van der Waals surface area contributed by atoms with Gasteiger partial charge in [-0.25, -0.2) is 4.79 Å². The lowest BCUT2D eigenvalue weighted by Crippen LogP contribution is -2.45. The molecule has 27 heavy (non-hydrogen) atoms. The quantitative estimate of drug-likeness (QED) is 0.583. The van der Waals surface area contributed by atoms with Crippen molar-refractivity contribution in [2.75, 3.05) is 21.3 Å². The maximum absolute atomic E-state index is 12.9. The predicted molar refractivity (Wildman–Crippen MR) is 106 cm³/mol. The molecule has 8 heteroatoms. The van der Waals surface area contributed by atoms with Crippen LogP contribution in [0.1, 0.15) is 39.3 Å². The highest BCUT2D eigenvalue weighted by Gasteiger charge is 2.34. The first-order valence-corrected chi connectivity index (χ1v) is 8.83. The van der Waals surface area contributed by atoms with Crippen molar-refractivity contribution in [3.8, 4) is 17.2 Å². The Morgan fingerprint density at radius 3 is 2.07 bits per heavy atom. The summed E-state index contributed by atoms with van der Waals surface area (Å²) in [5.74, 6) is 1.01. The molecule has 0 aliphatic carbocycles. The van der Waals surface area contributed by atoms with Crippen LogP contribution in [0.15, 0.2) is 23.4 Å². The molecule has 0 fully saturated rings. The summed E-state index contributed by atoms with van der Waals surface area (Å²) >= 11 is 5.28. The molecule has 0 spiro atoms. The van der Waals surface area contributed by atoms with Gasteiger partial charge in [-0.3, -0.25) is 0 Å². The Labute approximate surface area is 165 Å². The Morgan fingerprint density at radius 2 is 1.63 bits per heavy atom. The SMILES string of the molecule is COc1cc([C@@H]2NC(=S)NC(C)=C2C(=O)OC(C)(C)C)cc(OC)c1OC. The molecule has 1 aromatic rings. The molecule has 7 nitrogen and oxygen atoms in total. The fraction of sp³-hybridized carbons (Fsp3) is 0.474. The Bertz CT molecular complexity index is 758. The Morgan fingerprint density at radius 1 is 1.07 bits per heavy atom. The van der Waals surface area contributed by atoms with Gasteiger partial charge in [-0.05, 0) is 57.6 Å². The summed E-state index contributed by atoms with van der Waals surface area (Å²) < 4.78 is 21.8. The molecular formula is C19H26N2O5S. The molecule has 0 amide bonds. The van der Waals surface area contributed by atoms with Crippen molar-refractivity contribution >= 4 is 23.3 Å². The average molecular weight is 394 g/mol. The molecule has 1 aliphatic rings. The molecule has 0 saturated carbocycles. The summed E-state index contributed by atoms with van der Waals surface area (Å²) in [5.41, 5.74) is 1.18. The summed E-state index contributed by atoms with van der Waals surface area (Å²) in [6, 6.07) is 3.04. The second-order valence-corrected chi connectivity index (χ2v) is 7.44. The lowest BCUT2D eigenvalue weighted by molar-refractivity contribution is -0.150. The van der Waals surface area contributed by atoms with Crippen LogP contribution in [0.2, 0.25) is 0 Å². The predicted octanol–water partition coefficient (Wildman–Crippen LogP) is 2.85. The number of nitrogens with one attached hydrogen (secondary N) is 2. The Hall–Kier alpha value is -2.48. The second-order valence-electron chi connectivity index (χ2n) is 7.03. The van der Waals surface area contributed by atoms with E-state index in [0.29, 0.717) is 33.6 Å². The van der Waals surface area contributed by atoms with Crippen molar-refractivity contribution in [3.63, 3.8) is 0 Å². The van der Waals surface area contributed by atoms with Gasteiger partial charge in [0.1, 0.15) is 5.60 Å². The number of ether oxygens (including phenoxy) is 4. The molecule has 2 N–H and O–H groups in total. The molecule has 1 heterocycles. The lowest BCUT2D eigenvalue weighted by atomic mass is 9.94. The van der Waals surface area contributed by atoms with Crippen LogP contribution in [0.3, 0.4) is 0 Å². The van der Waals surface area contributed by atoms with E-state index in [1.54, 1.807) is 19.1 Å². The zero-order valence-electron chi connectivity index (χ0n) is 16.7. The third kappa shape index (κ3) is 4.63. The van der Waals surface area contributed by atoms with E-state index < -0.39 is 17.6 Å². The van der Waals surface area contributed by atoms with E-state index in [2.05, 4.69) is 10.6 Å². The first kappa shape index (κ1) is 20.8. The van der Waals surface area contributed by atoms with E-state index in [9.17, 15) is 4.79 Å². The lowest BCUT2D eigenvalue weighted by Gasteiger charge is -2.32. The molecule has 0 unspecified atom stereocenters. The van der Waals surface area contributed by atoms with E-state index in [-0.39, 0.29) is 0 Å². The number of hydrogen-bond donors (Lipinski definition) is 2. The summed E-state index contributed by atoms with van der Waals surface area (Å²) in [4.78, 5) is 12.9. The van der Waals surface area contributed by atoms with Gasteiger partial charge in [-0.1, -0.05) is 0 Å². The highest BCUT2D eigenvalue weighted by molar-refractivity contribution is 7.80. The van der Waals surface area contributed by atoms with Crippen molar-refractivity contribution in [1.82, 2.24) is 10.6 Å². The highest BCUT2D eigenvalue weighted by atomic mass is 32.1. The summed E-state index contributed by atoms with van der Waals surface area (Å²) in [6.45, 7) is 7.26. The summed E-state index contributed by atoms with van der Waals surface area (Å²) in [5, 5.41) is 6.53. The minimum absolute atomic E-state index is 0.415. The standard InChI is InChI=1S/C19H26N2O5S/c1-10-14(17(22)26-19(2,3)4)15(21-18(27)20-10)11-8-12(23-5)16(25-7)13(9-11)24-6/h8-9,15H,1-7H3,(H2,20,21,27)/t15-/m0/s1.